The van der Waals surface area contributed by atoms with Crippen LogP contribution in [0.4, 0.5) is 0 Å². The van der Waals surface area contributed by atoms with E-state index in [9.17, 15) is 24.4 Å². The molecule has 2 heterocycles. The molecule has 0 radical (unpaired) electrons. The van der Waals surface area contributed by atoms with Gasteiger partial charge in [0.2, 0.25) is 23.6 Å². The van der Waals surface area contributed by atoms with Crippen LogP contribution < -0.4 is 16.0 Å². The number of carbonyl (C=O) groups is 4. The number of fused-ring (bicyclic) bond motifs is 1. The van der Waals surface area contributed by atoms with Crippen molar-refractivity contribution in [1.29, 1.82) is 5.26 Å². The summed E-state index contributed by atoms with van der Waals surface area (Å²) in [4.78, 5) is 53.8. The first-order valence-corrected chi connectivity index (χ1v) is 13.0. The molecule has 0 spiro atoms. The first-order valence-electron chi connectivity index (χ1n) is 13.0. The van der Waals surface area contributed by atoms with Gasteiger partial charge in [-0.05, 0) is 40.9 Å². The Morgan fingerprint density at radius 1 is 1.17 bits per heavy atom. The largest absolute Gasteiger partial charge is 0.356 e. The average molecular weight is 502 g/mol. The molecule has 3 aliphatic rings. The van der Waals surface area contributed by atoms with E-state index < -0.39 is 23.5 Å². The second-order valence-corrected chi connectivity index (χ2v) is 13.7. The predicted octanol–water partition coefficient (Wildman–Crippen LogP) is 1.97. The Morgan fingerprint density at radius 2 is 1.81 bits per heavy atom. The van der Waals surface area contributed by atoms with E-state index in [-0.39, 0.29) is 65.1 Å². The second-order valence-electron chi connectivity index (χ2n) is 13.7. The molecule has 2 saturated heterocycles. The smallest absolute Gasteiger partial charge is 0.246 e. The average Bonchev–Trinajstić information content (AvgIpc) is 3.08. The van der Waals surface area contributed by atoms with E-state index in [2.05, 4.69) is 35.9 Å². The van der Waals surface area contributed by atoms with Gasteiger partial charge in [-0.2, -0.15) is 5.26 Å². The van der Waals surface area contributed by atoms with E-state index in [0.29, 0.717) is 19.5 Å². The number of rotatable bonds is 7. The van der Waals surface area contributed by atoms with Crippen molar-refractivity contribution in [2.75, 3.05) is 13.1 Å². The molecule has 9 nitrogen and oxygen atoms in total. The Bertz CT molecular complexity index is 955. The molecular weight excluding hydrogens is 458 g/mol. The Balaban J connectivity index is 1.79. The van der Waals surface area contributed by atoms with Crippen LogP contribution in [0.3, 0.4) is 0 Å². The first-order chi connectivity index (χ1) is 16.5. The zero-order chi connectivity index (χ0) is 27.2. The van der Waals surface area contributed by atoms with Crippen LogP contribution in [0.2, 0.25) is 0 Å². The highest BCUT2D eigenvalue weighted by Crippen LogP contribution is 2.65. The molecule has 3 N–H and O–H groups in total. The number of nitriles is 1. The van der Waals surface area contributed by atoms with E-state index in [1.54, 1.807) is 4.90 Å². The van der Waals surface area contributed by atoms with Crippen LogP contribution in [0.15, 0.2) is 0 Å². The molecule has 1 saturated carbocycles. The third kappa shape index (κ3) is 5.84. The van der Waals surface area contributed by atoms with Crippen molar-refractivity contribution in [3.63, 3.8) is 0 Å². The van der Waals surface area contributed by atoms with E-state index in [1.165, 1.54) is 0 Å². The summed E-state index contributed by atoms with van der Waals surface area (Å²) in [7, 11) is 0. The molecule has 2 aliphatic heterocycles. The number of nitrogens with zero attached hydrogens (tertiary/aromatic N) is 2. The van der Waals surface area contributed by atoms with Gasteiger partial charge in [-0.3, -0.25) is 19.2 Å². The zero-order valence-electron chi connectivity index (χ0n) is 23.0. The Morgan fingerprint density at radius 3 is 2.31 bits per heavy atom. The number of hydrogen-bond donors (Lipinski definition) is 3. The van der Waals surface area contributed by atoms with Crippen molar-refractivity contribution in [1.82, 2.24) is 20.9 Å². The summed E-state index contributed by atoms with van der Waals surface area (Å²) in [6.07, 6.45) is 1.17. The topological polar surface area (TPSA) is 131 Å². The van der Waals surface area contributed by atoms with Gasteiger partial charge in [-0.1, -0.05) is 55.4 Å². The number of carbonyl (C=O) groups excluding carboxylic acids is 4. The summed E-state index contributed by atoms with van der Waals surface area (Å²) in [5, 5.41) is 18.2. The molecule has 0 aromatic rings. The van der Waals surface area contributed by atoms with Crippen molar-refractivity contribution >= 4 is 23.6 Å². The molecule has 0 unspecified atom stereocenters. The number of hydrogen-bond acceptors (Lipinski definition) is 5. The maximum atomic E-state index is 13.9. The second kappa shape index (κ2) is 9.68. The van der Waals surface area contributed by atoms with Gasteiger partial charge in [-0.25, -0.2) is 0 Å². The third-order valence-corrected chi connectivity index (χ3v) is 8.02. The third-order valence-electron chi connectivity index (χ3n) is 8.02. The van der Waals surface area contributed by atoms with Crippen molar-refractivity contribution in [2.45, 2.75) is 92.8 Å². The summed E-state index contributed by atoms with van der Waals surface area (Å²) >= 11 is 0. The monoisotopic (exact) mass is 501 g/mol. The lowest BCUT2D eigenvalue weighted by atomic mass is 9.84. The fraction of sp³-hybridized carbons (Fsp3) is 0.815. The lowest BCUT2D eigenvalue weighted by Crippen LogP contribution is -2.60. The first kappa shape index (κ1) is 27.9. The molecule has 200 valence electrons. The van der Waals surface area contributed by atoms with E-state index in [4.69, 9.17) is 0 Å². The quantitative estimate of drug-likeness (QED) is 0.491. The van der Waals surface area contributed by atoms with Crippen LogP contribution >= 0.6 is 0 Å². The summed E-state index contributed by atoms with van der Waals surface area (Å²) in [5.74, 6) is -1.04. The van der Waals surface area contributed by atoms with Crippen LogP contribution in [0, 0.1) is 45.3 Å². The van der Waals surface area contributed by atoms with E-state index >= 15 is 0 Å². The summed E-state index contributed by atoms with van der Waals surface area (Å²) in [6.45, 7) is 16.8. The number of piperidine rings is 1. The number of likely N-dealkylation sites (tertiary alicyclic amines) is 1. The van der Waals surface area contributed by atoms with E-state index in [0.717, 1.165) is 0 Å². The highest BCUT2D eigenvalue weighted by Gasteiger charge is 2.69. The van der Waals surface area contributed by atoms with Crippen LogP contribution in [0.5, 0.6) is 0 Å². The molecule has 0 aromatic heterocycles. The van der Waals surface area contributed by atoms with Gasteiger partial charge in [0.15, 0.2) is 0 Å². The summed E-state index contributed by atoms with van der Waals surface area (Å²) < 4.78 is 0. The summed E-state index contributed by atoms with van der Waals surface area (Å²) in [5.41, 5.74) is -0.863. The lowest BCUT2D eigenvalue weighted by Gasteiger charge is -2.38. The molecule has 3 rings (SSSR count). The number of nitrogens with one attached hydrogen (secondary N) is 3. The molecule has 6 atom stereocenters. The Hall–Kier alpha value is -2.63. The van der Waals surface area contributed by atoms with Gasteiger partial charge >= 0.3 is 0 Å². The zero-order valence-corrected chi connectivity index (χ0v) is 23.0. The van der Waals surface area contributed by atoms with Crippen molar-refractivity contribution < 1.29 is 19.2 Å². The van der Waals surface area contributed by atoms with Gasteiger partial charge in [0.1, 0.15) is 18.1 Å². The van der Waals surface area contributed by atoms with Gasteiger partial charge in [0.25, 0.3) is 0 Å². The molecule has 4 amide bonds. The molecule has 36 heavy (non-hydrogen) atoms. The number of amides is 4. The van der Waals surface area contributed by atoms with Crippen LogP contribution in [0.1, 0.15) is 74.7 Å². The highest BCUT2D eigenvalue weighted by molar-refractivity contribution is 5.94. The predicted molar refractivity (Wildman–Crippen MR) is 135 cm³/mol. The summed E-state index contributed by atoms with van der Waals surface area (Å²) in [6, 6.07) is -0.185. The van der Waals surface area contributed by atoms with Crippen LogP contribution in [0.25, 0.3) is 0 Å². The highest BCUT2D eigenvalue weighted by atomic mass is 16.2. The minimum atomic E-state index is -0.811. The van der Waals surface area contributed by atoms with Gasteiger partial charge in [-0.15, -0.1) is 0 Å². The molecular formula is C27H43N5O4. The van der Waals surface area contributed by atoms with Gasteiger partial charge < -0.3 is 20.9 Å². The molecule has 9 heteroatoms. The minimum Gasteiger partial charge on any atom is -0.356 e. The lowest BCUT2D eigenvalue weighted by molar-refractivity contribution is -0.146. The van der Waals surface area contributed by atoms with Crippen molar-refractivity contribution in [3.05, 3.63) is 0 Å². The molecule has 1 aliphatic carbocycles. The van der Waals surface area contributed by atoms with Crippen LogP contribution in [-0.4, -0.2) is 59.7 Å². The van der Waals surface area contributed by atoms with Crippen molar-refractivity contribution in [3.8, 4) is 6.07 Å². The maximum Gasteiger partial charge on any atom is 0.246 e. The standard InChI is InChI=1S/C27H43N5O4/c1-25(2,3)12-18(33)31-21(26(4,5)6)24(36)32-14-17-19(27(17,7)8)20(32)23(35)30-16(13-28)11-15-9-10-29-22(15)34/h15-17,19-21H,9-12,14H2,1-8H3,(H,29,34)(H,30,35)(H,31,33)/t15-,16-,17-,19-,20-,21+/m0/s1. The molecule has 0 bridgehead atoms. The fourth-order valence-corrected chi connectivity index (χ4v) is 5.88. The minimum absolute atomic E-state index is 0.0125. The SMILES string of the molecule is CC(C)(C)CC(=O)N[C@H](C(=O)N1C[C@H]2[C@@H]([C@H]1C(=O)N[C@H](C#N)C[C@@H]1CCNC1=O)C2(C)C)C(C)(C)C. The fourth-order valence-electron chi connectivity index (χ4n) is 5.88. The maximum absolute atomic E-state index is 13.9. The Kier molecular flexibility index (Phi) is 7.51. The van der Waals surface area contributed by atoms with Crippen molar-refractivity contribution in [2.24, 2.45) is 34.0 Å². The van der Waals surface area contributed by atoms with E-state index in [1.807, 2.05) is 41.5 Å². The van der Waals surface area contributed by atoms with Gasteiger partial charge in [0, 0.05) is 25.4 Å². The van der Waals surface area contributed by atoms with Gasteiger partial charge in [0.05, 0.1) is 6.07 Å². The molecule has 3 fully saturated rings. The normalized spacial score (nSPS) is 28.4. The Labute approximate surface area is 215 Å². The molecule has 0 aromatic carbocycles. The van der Waals surface area contributed by atoms with Crippen LogP contribution in [-0.2, 0) is 19.2 Å².